The largest absolute Gasteiger partial charge is 0.466 e. The van der Waals surface area contributed by atoms with Gasteiger partial charge in [-0.15, -0.1) is 11.6 Å². The first-order valence-electron chi connectivity index (χ1n) is 22.2. The number of carbonyl (C=O) groups excluding carboxylic acids is 2. The first-order valence-corrected chi connectivity index (χ1v) is 22.7. The molecule has 298 valence electrons. The van der Waals surface area contributed by atoms with Gasteiger partial charge in [-0.05, 0) is 70.9 Å². The summed E-state index contributed by atoms with van der Waals surface area (Å²) in [6.45, 7) is 10.4. The van der Waals surface area contributed by atoms with Crippen molar-refractivity contribution in [1.82, 2.24) is 4.90 Å². The van der Waals surface area contributed by atoms with Gasteiger partial charge < -0.3 is 14.4 Å². The van der Waals surface area contributed by atoms with Crippen LogP contribution in [0.4, 0.5) is 0 Å². The highest BCUT2D eigenvalue weighted by atomic mass is 35.5. The second-order valence-electron chi connectivity index (χ2n) is 15.1. The smallest absolute Gasteiger partial charge is 0.306 e. The van der Waals surface area contributed by atoms with Crippen molar-refractivity contribution < 1.29 is 19.1 Å². The number of hydrogen-bond donors (Lipinski definition) is 0. The highest BCUT2D eigenvalue weighted by Gasteiger charge is 2.14. The van der Waals surface area contributed by atoms with E-state index in [0.717, 1.165) is 71.0 Å². The maximum atomic E-state index is 12.7. The zero-order valence-corrected chi connectivity index (χ0v) is 34.7. The molecule has 0 radical (unpaired) electrons. The van der Waals surface area contributed by atoms with Gasteiger partial charge in [-0.2, -0.15) is 0 Å². The van der Waals surface area contributed by atoms with Crippen molar-refractivity contribution in [1.29, 1.82) is 0 Å². The highest BCUT2D eigenvalue weighted by Crippen LogP contribution is 2.18. The molecule has 0 bridgehead atoms. The lowest BCUT2D eigenvalue weighted by Gasteiger charge is -2.21. The van der Waals surface area contributed by atoms with E-state index in [-0.39, 0.29) is 18.0 Å². The van der Waals surface area contributed by atoms with E-state index >= 15 is 0 Å². The van der Waals surface area contributed by atoms with Gasteiger partial charge >= 0.3 is 11.9 Å². The molecule has 50 heavy (non-hydrogen) atoms. The third-order valence-electron chi connectivity index (χ3n) is 10.2. The average molecular weight is 729 g/mol. The molecule has 0 heterocycles. The fraction of sp³-hybridized carbons (Fsp3) is 0.955. The van der Waals surface area contributed by atoms with Crippen molar-refractivity contribution in [3.05, 3.63) is 0 Å². The van der Waals surface area contributed by atoms with Crippen LogP contribution in [0, 0.1) is 0 Å². The van der Waals surface area contributed by atoms with E-state index in [2.05, 4.69) is 25.7 Å². The Morgan fingerprint density at radius 2 is 0.840 bits per heavy atom. The molecule has 0 fully saturated rings. The van der Waals surface area contributed by atoms with Gasteiger partial charge in [0.25, 0.3) is 0 Å². The first-order chi connectivity index (χ1) is 24.6. The molecule has 0 aromatic carbocycles. The van der Waals surface area contributed by atoms with Crippen LogP contribution in [0.5, 0.6) is 0 Å². The molecule has 0 atom stereocenters. The number of ether oxygens (including phenoxy) is 2. The van der Waals surface area contributed by atoms with Gasteiger partial charge in [0, 0.05) is 25.3 Å². The van der Waals surface area contributed by atoms with Crippen molar-refractivity contribution >= 4 is 23.5 Å². The second-order valence-corrected chi connectivity index (χ2v) is 15.5. The fourth-order valence-corrected chi connectivity index (χ4v) is 7.09. The van der Waals surface area contributed by atoms with Gasteiger partial charge in [-0.1, -0.05) is 162 Å². The summed E-state index contributed by atoms with van der Waals surface area (Å²) in [4.78, 5) is 27.2. The zero-order valence-electron chi connectivity index (χ0n) is 33.9. The van der Waals surface area contributed by atoms with Crippen LogP contribution in [-0.2, 0) is 19.1 Å². The molecule has 0 aromatic rings. The van der Waals surface area contributed by atoms with Gasteiger partial charge in [0.05, 0.1) is 6.61 Å². The van der Waals surface area contributed by atoms with Crippen LogP contribution >= 0.6 is 11.6 Å². The number of esters is 2. The van der Waals surface area contributed by atoms with E-state index in [1.165, 1.54) is 148 Å². The zero-order chi connectivity index (χ0) is 36.6. The van der Waals surface area contributed by atoms with E-state index < -0.39 is 0 Å². The number of rotatable bonds is 41. The summed E-state index contributed by atoms with van der Waals surface area (Å²) in [5.74, 6) is 0.648. The molecule has 5 nitrogen and oxygen atoms in total. The molecule has 0 aliphatic rings. The van der Waals surface area contributed by atoms with Crippen LogP contribution in [0.25, 0.3) is 0 Å². The van der Waals surface area contributed by atoms with Crippen LogP contribution < -0.4 is 0 Å². The molecule has 0 spiro atoms. The third kappa shape index (κ3) is 37.0. The number of nitrogens with zero attached hydrogens (tertiary/aromatic N) is 1. The molecule has 0 saturated carbocycles. The molecule has 0 saturated heterocycles. The summed E-state index contributed by atoms with van der Waals surface area (Å²) in [5, 5.41) is 0. The Labute approximate surface area is 317 Å². The third-order valence-corrected chi connectivity index (χ3v) is 10.3. The molecule has 0 N–H and O–H groups in total. The topological polar surface area (TPSA) is 55.8 Å². The normalized spacial score (nSPS) is 11.6. The summed E-state index contributed by atoms with van der Waals surface area (Å²) < 4.78 is 11.5. The van der Waals surface area contributed by atoms with Crippen LogP contribution in [-0.4, -0.2) is 55.1 Å². The number of unbranched alkanes of at least 4 members (excludes halogenated alkanes) is 24. The Morgan fingerprint density at radius 3 is 1.32 bits per heavy atom. The lowest BCUT2D eigenvalue weighted by atomic mass is 10.0. The van der Waals surface area contributed by atoms with Crippen molar-refractivity contribution in [2.75, 3.05) is 32.1 Å². The van der Waals surface area contributed by atoms with Crippen LogP contribution in [0.2, 0.25) is 0 Å². The molecular weight excluding hydrogens is 642 g/mol. The van der Waals surface area contributed by atoms with E-state index in [1.54, 1.807) is 0 Å². The fourth-order valence-electron chi connectivity index (χ4n) is 6.85. The molecule has 0 unspecified atom stereocenters. The number of alkyl halides is 1. The molecule has 0 aliphatic carbocycles. The van der Waals surface area contributed by atoms with Crippen molar-refractivity contribution in [2.45, 2.75) is 239 Å². The van der Waals surface area contributed by atoms with Crippen LogP contribution in [0.1, 0.15) is 233 Å². The highest BCUT2D eigenvalue weighted by molar-refractivity contribution is 6.18. The molecule has 0 aliphatic heterocycles. The molecule has 0 rings (SSSR count). The Hall–Kier alpha value is -0.810. The summed E-state index contributed by atoms with van der Waals surface area (Å²) in [7, 11) is 0. The second kappa shape index (κ2) is 41.0. The van der Waals surface area contributed by atoms with Gasteiger partial charge in [-0.25, -0.2) is 0 Å². The van der Waals surface area contributed by atoms with Gasteiger partial charge in [0.1, 0.15) is 6.10 Å². The van der Waals surface area contributed by atoms with Crippen molar-refractivity contribution in [3.8, 4) is 0 Å². The minimum absolute atomic E-state index is 0.0207. The number of hydrogen-bond acceptors (Lipinski definition) is 5. The first kappa shape index (κ1) is 49.2. The lowest BCUT2D eigenvalue weighted by Crippen LogP contribution is -2.28. The van der Waals surface area contributed by atoms with Crippen LogP contribution in [0.3, 0.4) is 0 Å². The van der Waals surface area contributed by atoms with Gasteiger partial charge in [0.2, 0.25) is 0 Å². The van der Waals surface area contributed by atoms with Gasteiger partial charge in [-0.3, -0.25) is 9.59 Å². The number of carbonyl (C=O) groups is 2. The SMILES string of the molecule is CCCCCCCCCCCOC(=O)CCCCCN(CCCl)CCCCCCCC(=O)OC(CCCCCCCC)CCCCCCCC. The summed E-state index contributed by atoms with van der Waals surface area (Å²) in [6.07, 6.45) is 38.9. The predicted octanol–water partition coefficient (Wildman–Crippen LogP) is 13.9. The van der Waals surface area contributed by atoms with Crippen molar-refractivity contribution in [2.24, 2.45) is 0 Å². The van der Waals surface area contributed by atoms with Gasteiger partial charge in [0.15, 0.2) is 0 Å². The van der Waals surface area contributed by atoms with E-state index in [0.29, 0.717) is 25.3 Å². The Kier molecular flexibility index (Phi) is 40.3. The van der Waals surface area contributed by atoms with E-state index in [9.17, 15) is 9.59 Å². The van der Waals surface area contributed by atoms with Crippen molar-refractivity contribution in [3.63, 3.8) is 0 Å². The maximum Gasteiger partial charge on any atom is 0.306 e. The van der Waals surface area contributed by atoms with Crippen LogP contribution in [0.15, 0.2) is 0 Å². The Balaban J connectivity index is 3.96. The predicted molar refractivity (Wildman–Crippen MR) is 217 cm³/mol. The monoisotopic (exact) mass is 728 g/mol. The Morgan fingerprint density at radius 1 is 0.460 bits per heavy atom. The molecule has 0 amide bonds. The quantitative estimate of drug-likeness (QED) is 0.0356. The maximum absolute atomic E-state index is 12.7. The molecule has 6 heteroatoms. The summed E-state index contributed by atoms with van der Waals surface area (Å²) >= 11 is 6.10. The molecular formula is C44H86ClNO4. The molecule has 0 aromatic heterocycles. The van der Waals surface area contributed by atoms with E-state index in [4.69, 9.17) is 21.1 Å². The lowest BCUT2D eigenvalue weighted by molar-refractivity contribution is -0.150. The van der Waals surface area contributed by atoms with E-state index in [1.807, 2.05) is 0 Å². The summed E-state index contributed by atoms with van der Waals surface area (Å²) in [5.41, 5.74) is 0. The minimum atomic E-state index is -0.0309. The number of halogens is 1. The average Bonchev–Trinajstić information content (AvgIpc) is 3.11. The Bertz CT molecular complexity index is 690. The standard InChI is InChI=1S/C44H86ClNO4/c1-4-7-10-13-16-17-18-24-32-41-49-43(47)35-29-25-31-39-46(40-37-45)38-30-23-19-22-28-36-44(48)50-42(33-26-20-14-11-8-5-2)34-27-21-15-12-9-6-3/h42H,4-41H2,1-3H3. The summed E-state index contributed by atoms with van der Waals surface area (Å²) in [6, 6.07) is 0. The minimum Gasteiger partial charge on any atom is -0.466 e.